The van der Waals surface area contributed by atoms with E-state index in [4.69, 9.17) is 23.8 Å². The van der Waals surface area contributed by atoms with E-state index >= 15 is 0 Å². The van der Waals surface area contributed by atoms with Crippen LogP contribution < -0.4 is 0 Å². The summed E-state index contributed by atoms with van der Waals surface area (Å²) in [7, 11) is -9.68. The fraction of sp³-hybridized carbons (Fsp3) is 0.773. The molecule has 0 bridgehead atoms. The van der Waals surface area contributed by atoms with Crippen molar-refractivity contribution in [3.63, 3.8) is 0 Å². The van der Waals surface area contributed by atoms with Gasteiger partial charge < -0.3 is 29.3 Å². The summed E-state index contributed by atoms with van der Waals surface area (Å²) in [5, 5.41) is 9.75. The number of carbonyl (C=O) groups is 2. The van der Waals surface area contributed by atoms with Crippen LogP contribution in [0.1, 0.15) is 181 Å². The predicted molar refractivity (Wildman–Crippen MR) is 235 cm³/mol. The van der Waals surface area contributed by atoms with E-state index in [-0.39, 0.29) is 12.8 Å². The molecule has 0 amide bonds. The van der Waals surface area contributed by atoms with Gasteiger partial charge in [0.2, 0.25) is 0 Å². The first-order chi connectivity index (χ1) is 28.4. The monoisotopic (exact) mass is 879 g/mol. The number of allylic oxidation sites excluding steroid dienone is 8. The van der Waals surface area contributed by atoms with Crippen molar-refractivity contribution in [2.24, 2.45) is 0 Å². The maximum Gasteiger partial charge on any atom is 0.472 e. The molecule has 0 aromatic heterocycles. The van der Waals surface area contributed by atoms with E-state index in [1.54, 1.807) is 0 Å². The first kappa shape index (κ1) is 57.1. The van der Waals surface area contributed by atoms with Crippen LogP contribution >= 0.6 is 15.6 Å². The van der Waals surface area contributed by atoms with Crippen molar-refractivity contribution in [2.45, 2.75) is 193 Å². The molecule has 13 nitrogen and oxygen atoms in total. The third-order valence-electron chi connectivity index (χ3n) is 9.18. The Hall–Kier alpha value is -1.92. The molecule has 0 spiro atoms. The number of carbonyl (C=O) groups excluding carboxylic acids is 2. The van der Waals surface area contributed by atoms with Gasteiger partial charge in [0, 0.05) is 12.8 Å². The van der Waals surface area contributed by atoms with Crippen LogP contribution in [0.5, 0.6) is 0 Å². The average Bonchev–Trinajstić information content (AvgIpc) is 3.19. The predicted octanol–water partition coefficient (Wildman–Crippen LogP) is 11.5. The lowest BCUT2D eigenvalue weighted by atomic mass is 10.1. The van der Waals surface area contributed by atoms with Crippen molar-refractivity contribution in [3.8, 4) is 0 Å². The lowest BCUT2D eigenvalue weighted by molar-refractivity contribution is -0.161. The van der Waals surface area contributed by atoms with Gasteiger partial charge in [0.15, 0.2) is 6.10 Å². The zero-order valence-electron chi connectivity index (χ0n) is 36.3. The average molecular weight is 879 g/mol. The molecule has 3 atom stereocenters. The highest BCUT2D eigenvalue weighted by atomic mass is 31.2. The maximum atomic E-state index is 12.7. The Morgan fingerprint density at radius 1 is 0.492 bits per heavy atom. The quantitative estimate of drug-likeness (QED) is 0.0196. The number of hydrogen-bond acceptors (Lipinski definition) is 10. The molecule has 0 fully saturated rings. The van der Waals surface area contributed by atoms with E-state index in [9.17, 15) is 28.7 Å². The topological polar surface area (TPSA) is 195 Å². The molecule has 15 heteroatoms. The van der Waals surface area contributed by atoms with Crippen LogP contribution in [0.25, 0.3) is 0 Å². The summed E-state index contributed by atoms with van der Waals surface area (Å²) in [6.45, 7) is 1.70. The van der Waals surface area contributed by atoms with Gasteiger partial charge in [-0.2, -0.15) is 0 Å². The van der Waals surface area contributed by atoms with E-state index in [2.05, 4.69) is 71.5 Å². The minimum absolute atomic E-state index is 0.104. The number of aliphatic hydroxyl groups excluding tert-OH is 1. The number of ether oxygens (including phenoxy) is 2. The molecule has 0 saturated heterocycles. The molecule has 0 saturated carbocycles. The minimum atomic E-state index is -4.87. The molecule has 0 aliphatic rings. The molecular weight excluding hydrogens is 798 g/mol. The highest BCUT2D eigenvalue weighted by Crippen LogP contribution is 2.43. The molecule has 0 radical (unpaired) electrons. The maximum absolute atomic E-state index is 12.7. The highest BCUT2D eigenvalue weighted by molar-refractivity contribution is 7.47. The molecule has 4 N–H and O–H groups in total. The van der Waals surface area contributed by atoms with Crippen LogP contribution in [-0.4, -0.2) is 70.4 Å². The molecule has 0 aromatic rings. The fourth-order valence-corrected chi connectivity index (χ4v) is 6.92. The van der Waals surface area contributed by atoms with Gasteiger partial charge in [-0.15, -0.1) is 0 Å². The number of phosphoric acid groups is 2. The molecule has 344 valence electrons. The third-order valence-corrected chi connectivity index (χ3v) is 10.6. The third kappa shape index (κ3) is 44.0. The van der Waals surface area contributed by atoms with Gasteiger partial charge in [-0.3, -0.25) is 23.2 Å². The van der Waals surface area contributed by atoms with Crippen LogP contribution in [0.3, 0.4) is 0 Å². The largest absolute Gasteiger partial charge is 0.472 e. The van der Waals surface area contributed by atoms with Crippen molar-refractivity contribution in [1.82, 2.24) is 0 Å². The number of phosphoric ester groups is 2. The minimum Gasteiger partial charge on any atom is -0.462 e. The second-order valence-electron chi connectivity index (χ2n) is 15.0. The van der Waals surface area contributed by atoms with Gasteiger partial charge in [-0.1, -0.05) is 140 Å². The second kappa shape index (κ2) is 40.2. The van der Waals surface area contributed by atoms with Crippen LogP contribution in [0, 0.1) is 0 Å². The van der Waals surface area contributed by atoms with Gasteiger partial charge in [0.05, 0.1) is 19.8 Å². The summed E-state index contributed by atoms with van der Waals surface area (Å²) in [6, 6.07) is 0. The lowest BCUT2D eigenvalue weighted by Gasteiger charge is -2.20. The van der Waals surface area contributed by atoms with Gasteiger partial charge in [0.1, 0.15) is 12.7 Å². The van der Waals surface area contributed by atoms with Gasteiger partial charge in [-0.05, 0) is 77.0 Å². The zero-order chi connectivity index (χ0) is 43.7. The lowest BCUT2D eigenvalue weighted by Crippen LogP contribution is -2.30. The molecule has 0 heterocycles. The number of hydrogen-bond donors (Lipinski definition) is 4. The van der Waals surface area contributed by atoms with E-state index < -0.39 is 66.2 Å². The van der Waals surface area contributed by atoms with E-state index in [0.717, 1.165) is 77.0 Å². The molecule has 0 aliphatic heterocycles. The van der Waals surface area contributed by atoms with E-state index in [1.165, 1.54) is 64.2 Å². The molecule has 59 heavy (non-hydrogen) atoms. The number of unbranched alkanes of at least 4 members (excludes halogenated alkanes) is 18. The second-order valence-corrected chi connectivity index (χ2v) is 17.7. The summed E-state index contributed by atoms with van der Waals surface area (Å²) >= 11 is 0. The molecule has 0 aromatic carbocycles. The van der Waals surface area contributed by atoms with Crippen LogP contribution in [0.4, 0.5) is 0 Å². The van der Waals surface area contributed by atoms with Gasteiger partial charge in [-0.25, -0.2) is 9.13 Å². The molecule has 0 aliphatic carbocycles. The Balaban J connectivity index is 4.56. The Kier molecular flexibility index (Phi) is 38.9. The normalized spacial score (nSPS) is 14.5. The van der Waals surface area contributed by atoms with Gasteiger partial charge >= 0.3 is 27.6 Å². The SMILES string of the molecule is CCCCC/C=C\C/C=C\C/C=C\CCCCCCC(=O)O[C@H](COC(=O)CCCCCCCCC/C=C\CCCCCC)COP(=O)(O)OC[C@@H](O)COP(=O)(O)O. The summed E-state index contributed by atoms with van der Waals surface area (Å²) in [6.07, 6.45) is 40.9. The van der Waals surface area contributed by atoms with Crippen molar-refractivity contribution in [1.29, 1.82) is 0 Å². The molecule has 0 rings (SSSR count). The molecule has 1 unspecified atom stereocenters. The van der Waals surface area contributed by atoms with Crippen molar-refractivity contribution < 1.29 is 61.6 Å². The summed E-state index contributed by atoms with van der Waals surface area (Å²) in [5.74, 6) is -1.06. The molecular formula is C44H80O13P2. The fourth-order valence-electron chi connectivity index (χ4n) is 5.76. The van der Waals surface area contributed by atoms with Crippen LogP contribution in [-0.2, 0) is 41.8 Å². The number of esters is 2. The first-order valence-electron chi connectivity index (χ1n) is 22.3. The van der Waals surface area contributed by atoms with Gasteiger partial charge in [0.25, 0.3) is 0 Å². The van der Waals surface area contributed by atoms with Crippen LogP contribution in [0.15, 0.2) is 48.6 Å². The van der Waals surface area contributed by atoms with Crippen molar-refractivity contribution in [3.05, 3.63) is 48.6 Å². The van der Waals surface area contributed by atoms with Crippen molar-refractivity contribution >= 4 is 27.6 Å². The standard InChI is InChI=1S/C44H80O13P2/c1-3-5-7-9-11-13-15-17-19-20-22-24-26-28-30-32-34-36-44(47)57-42(40-56-59(51,52)55-38-41(45)37-54-58(48,49)50)39-53-43(46)35-33-31-29-27-25-23-21-18-16-14-12-10-8-6-4-2/h11,13-14,16-17,19,22,24,41-42,45H,3-10,12,15,18,20-21,23,25-40H2,1-2H3,(H,51,52)(H2,48,49,50)/b13-11-,16-14-,19-17-,24-22-/t41-,42+/m0/s1. The summed E-state index contributed by atoms with van der Waals surface area (Å²) < 4.78 is 47.8. The first-order valence-corrected chi connectivity index (χ1v) is 25.4. The Bertz CT molecular complexity index is 1230. The van der Waals surface area contributed by atoms with E-state index in [0.29, 0.717) is 12.8 Å². The number of rotatable bonds is 42. The highest BCUT2D eigenvalue weighted by Gasteiger charge is 2.28. The Morgan fingerprint density at radius 3 is 1.41 bits per heavy atom. The van der Waals surface area contributed by atoms with E-state index in [1.807, 2.05) is 0 Å². The Morgan fingerprint density at radius 2 is 0.881 bits per heavy atom. The Labute approximate surface area is 356 Å². The zero-order valence-corrected chi connectivity index (χ0v) is 38.1. The smallest absolute Gasteiger partial charge is 0.462 e. The summed E-state index contributed by atoms with van der Waals surface area (Å²) in [4.78, 5) is 52.7. The summed E-state index contributed by atoms with van der Waals surface area (Å²) in [5.41, 5.74) is 0. The van der Waals surface area contributed by atoms with Crippen LogP contribution in [0.2, 0.25) is 0 Å². The van der Waals surface area contributed by atoms with Crippen molar-refractivity contribution in [2.75, 3.05) is 26.4 Å². The number of aliphatic hydroxyl groups is 1.